The molecule has 0 aliphatic rings. The Morgan fingerprint density at radius 3 is 2.03 bits per heavy atom. The van der Waals surface area contributed by atoms with Gasteiger partial charge in [-0.2, -0.15) is 0 Å². The molecule has 5 rings (SSSR count). The van der Waals surface area contributed by atoms with Gasteiger partial charge in [0.15, 0.2) is 5.65 Å². The standard InChI is InChI=1S/C23H16N4S3/c24-21-20-17(18-12-7-13-30-18)14-19(28)26(15-8-3-1-4-9-15)22(20)25-23(29)27(21)16-10-5-2-6-11-16/h1-14H,24H2. The van der Waals surface area contributed by atoms with Crippen LogP contribution in [0.25, 0.3) is 32.8 Å². The highest BCUT2D eigenvalue weighted by Crippen LogP contribution is 2.36. The van der Waals surface area contributed by atoms with Gasteiger partial charge in [0.1, 0.15) is 10.5 Å². The minimum Gasteiger partial charge on any atom is -0.384 e. The molecular weight excluding hydrogens is 428 g/mol. The van der Waals surface area contributed by atoms with Crippen molar-refractivity contribution in [2.45, 2.75) is 0 Å². The summed E-state index contributed by atoms with van der Waals surface area (Å²) < 4.78 is 4.78. The van der Waals surface area contributed by atoms with Crippen molar-refractivity contribution < 1.29 is 0 Å². The number of hydrogen-bond donors (Lipinski definition) is 1. The Balaban J connectivity index is 1.97. The number of thiophene rings is 1. The van der Waals surface area contributed by atoms with Gasteiger partial charge in [-0.15, -0.1) is 11.3 Å². The third kappa shape index (κ3) is 3.08. The van der Waals surface area contributed by atoms with Crippen LogP contribution in [-0.2, 0) is 0 Å². The van der Waals surface area contributed by atoms with E-state index in [0.717, 1.165) is 27.2 Å². The Morgan fingerprint density at radius 1 is 0.800 bits per heavy atom. The number of pyridine rings is 1. The molecule has 3 aromatic heterocycles. The van der Waals surface area contributed by atoms with Crippen LogP contribution in [0.3, 0.4) is 0 Å². The van der Waals surface area contributed by atoms with Crippen LogP contribution >= 0.6 is 35.8 Å². The maximum Gasteiger partial charge on any atom is 0.207 e. The number of hydrogen-bond acceptors (Lipinski definition) is 5. The van der Waals surface area contributed by atoms with Crippen molar-refractivity contribution >= 4 is 52.6 Å². The summed E-state index contributed by atoms with van der Waals surface area (Å²) in [5.41, 5.74) is 10.2. The minimum atomic E-state index is 0.383. The average Bonchev–Trinajstić information content (AvgIpc) is 3.29. The molecule has 0 spiro atoms. The van der Waals surface area contributed by atoms with Crippen LogP contribution in [-0.4, -0.2) is 14.1 Å². The van der Waals surface area contributed by atoms with Crippen LogP contribution < -0.4 is 5.73 Å². The molecule has 0 fully saturated rings. The van der Waals surface area contributed by atoms with Gasteiger partial charge in [-0.05, 0) is 54.0 Å². The monoisotopic (exact) mass is 444 g/mol. The maximum atomic E-state index is 6.77. The summed E-state index contributed by atoms with van der Waals surface area (Å²) in [4.78, 5) is 5.90. The topological polar surface area (TPSA) is 48.8 Å². The zero-order chi connectivity index (χ0) is 20.7. The van der Waals surface area contributed by atoms with Crippen molar-refractivity contribution in [2.24, 2.45) is 0 Å². The minimum absolute atomic E-state index is 0.383. The van der Waals surface area contributed by atoms with Crippen molar-refractivity contribution in [2.75, 3.05) is 5.73 Å². The SMILES string of the molecule is Nc1c2c(-c3cccs3)cc(=S)n(-c3ccccc3)c2nc(=S)n1-c1ccccc1. The number of anilines is 1. The second-order valence-electron chi connectivity index (χ2n) is 6.69. The lowest BCUT2D eigenvalue weighted by Crippen LogP contribution is -2.11. The molecule has 0 bridgehead atoms. The lowest BCUT2D eigenvalue weighted by molar-refractivity contribution is 0.959. The summed E-state index contributed by atoms with van der Waals surface area (Å²) in [5.74, 6) is 0.541. The molecule has 0 radical (unpaired) electrons. The normalized spacial score (nSPS) is 11.1. The molecule has 0 saturated carbocycles. The van der Waals surface area contributed by atoms with Gasteiger partial charge in [-0.3, -0.25) is 9.13 Å². The van der Waals surface area contributed by atoms with Crippen molar-refractivity contribution in [3.05, 3.63) is 93.7 Å². The molecule has 0 unspecified atom stereocenters. The second kappa shape index (κ2) is 7.60. The fourth-order valence-corrected chi connectivity index (χ4v) is 4.94. The van der Waals surface area contributed by atoms with Gasteiger partial charge in [0.25, 0.3) is 0 Å². The predicted octanol–water partition coefficient (Wildman–Crippen LogP) is 6.59. The van der Waals surface area contributed by atoms with Crippen LogP contribution in [0, 0.1) is 9.41 Å². The number of nitrogens with zero attached hydrogens (tertiary/aromatic N) is 3. The third-order valence-corrected chi connectivity index (χ3v) is 6.38. The van der Waals surface area contributed by atoms with Gasteiger partial charge < -0.3 is 5.73 Å². The van der Waals surface area contributed by atoms with Crippen LogP contribution in [0.5, 0.6) is 0 Å². The zero-order valence-electron chi connectivity index (χ0n) is 15.7. The second-order valence-corrected chi connectivity index (χ2v) is 8.42. The molecule has 0 amide bonds. The summed E-state index contributed by atoms with van der Waals surface area (Å²) in [7, 11) is 0. The van der Waals surface area contributed by atoms with Crippen molar-refractivity contribution in [3.8, 4) is 21.8 Å². The highest BCUT2D eigenvalue weighted by Gasteiger charge is 2.18. The summed E-state index contributed by atoms with van der Waals surface area (Å²) in [6.45, 7) is 0. The van der Waals surface area contributed by atoms with E-state index < -0.39 is 0 Å². The number of nitrogens with two attached hydrogens (primary N) is 1. The molecule has 30 heavy (non-hydrogen) atoms. The molecule has 2 N–H and O–H groups in total. The number of fused-ring (bicyclic) bond motifs is 1. The molecule has 4 nitrogen and oxygen atoms in total. The van der Waals surface area contributed by atoms with E-state index in [1.165, 1.54) is 0 Å². The molecule has 0 aliphatic heterocycles. The summed E-state index contributed by atoms with van der Waals surface area (Å²) in [6, 6.07) is 25.8. The molecule has 0 aliphatic carbocycles. The number of aromatic nitrogens is 3. The first-order valence-electron chi connectivity index (χ1n) is 9.28. The van der Waals surface area contributed by atoms with Gasteiger partial charge in [0.05, 0.1) is 5.39 Å². The fraction of sp³-hybridized carbons (Fsp3) is 0. The van der Waals surface area contributed by atoms with Gasteiger partial charge in [-0.25, -0.2) is 4.98 Å². The Kier molecular flexibility index (Phi) is 4.78. The smallest absolute Gasteiger partial charge is 0.207 e. The van der Waals surface area contributed by atoms with Crippen LogP contribution in [0.15, 0.2) is 84.2 Å². The third-order valence-electron chi connectivity index (χ3n) is 4.90. The number of para-hydroxylation sites is 2. The number of nitrogen functional groups attached to an aromatic ring is 1. The average molecular weight is 445 g/mol. The lowest BCUT2D eigenvalue weighted by Gasteiger charge is -2.18. The Hall–Kier alpha value is -3.13. The van der Waals surface area contributed by atoms with Gasteiger partial charge in [0.2, 0.25) is 4.77 Å². The van der Waals surface area contributed by atoms with E-state index in [9.17, 15) is 0 Å². The van der Waals surface area contributed by atoms with E-state index in [-0.39, 0.29) is 0 Å². The Morgan fingerprint density at radius 2 is 1.43 bits per heavy atom. The first-order chi connectivity index (χ1) is 14.6. The van der Waals surface area contributed by atoms with Crippen molar-refractivity contribution in [3.63, 3.8) is 0 Å². The largest absolute Gasteiger partial charge is 0.384 e. The van der Waals surface area contributed by atoms with Gasteiger partial charge >= 0.3 is 0 Å². The van der Waals surface area contributed by atoms with Gasteiger partial charge in [0, 0.05) is 21.8 Å². The quantitative estimate of drug-likeness (QED) is 0.319. The van der Waals surface area contributed by atoms with Crippen molar-refractivity contribution in [1.29, 1.82) is 0 Å². The van der Waals surface area contributed by atoms with E-state index in [0.29, 0.717) is 20.9 Å². The van der Waals surface area contributed by atoms with E-state index in [1.807, 2.05) is 87.3 Å². The summed E-state index contributed by atoms with van der Waals surface area (Å²) in [6.07, 6.45) is 0. The van der Waals surface area contributed by atoms with E-state index >= 15 is 0 Å². The maximum absolute atomic E-state index is 6.77. The lowest BCUT2D eigenvalue weighted by atomic mass is 10.1. The Bertz CT molecular complexity index is 1470. The first-order valence-corrected chi connectivity index (χ1v) is 11.0. The molecular formula is C23H16N4S3. The molecule has 3 heterocycles. The van der Waals surface area contributed by atoms with E-state index in [1.54, 1.807) is 11.3 Å². The van der Waals surface area contributed by atoms with Crippen molar-refractivity contribution in [1.82, 2.24) is 14.1 Å². The molecule has 5 aromatic rings. The highest BCUT2D eigenvalue weighted by atomic mass is 32.1. The zero-order valence-corrected chi connectivity index (χ0v) is 18.2. The molecule has 0 saturated heterocycles. The van der Waals surface area contributed by atoms with Crippen LogP contribution in [0.4, 0.5) is 5.82 Å². The highest BCUT2D eigenvalue weighted by molar-refractivity contribution is 7.71. The number of rotatable bonds is 3. The first kappa shape index (κ1) is 18.9. The van der Waals surface area contributed by atoms with E-state index in [4.69, 9.17) is 35.2 Å². The molecule has 2 aromatic carbocycles. The van der Waals surface area contributed by atoms with Crippen LogP contribution in [0.1, 0.15) is 0 Å². The van der Waals surface area contributed by atoms with Gasteiger partial charge in [-0.1, -0.05) is 54.7 Å². The number of benzene rings is 2. The fourth-order valence-electron chi connectivity index (χ4n) is 3.59. The van der Waals surface area contributed by atoms with Crippen LogP contribution in [0.2, 0.25) is 0 Å². The Labute approximate surface area is 187 Å². The predicted molar refractivity (Wildman–Crippen MR) is 130 cm³/mol. The molecule has 7 heteroatoms. The summed E-state index contributed by atoms with van der Waals surface area (Å²) in [5, 5.41) is 2.87. The summed E-state index contributed by atoms with van der Waals surface area (Å²) >= 11 is 13.1. The van der Waals surface area contributed by atoms with E-state index in [2.05, 4.69) is 6.07 Å². The molecule has 146 valence electrons. The molecule has 0 atom stereocenters.